The molecule has 1 fully saturated rings. The number of methoxy groups -OCH3 is 3. The highest BCUT2D eigenvalue weighted by Gasteiger charge is 2.37. The zero-order chi connectivity index (χ0) is 24.9. The van der Waals surface area contributed by atoms with Gasteiger partial charge in [-0.2, -0.15) is 11.8 Å². The molecule has 35 heavy (non-hydrogen) atoms. The van der Waals surface area contributed by atoms with Crippen LogP contribution in [0.1, 0.15) is 24.7 Å². The molecular weight excluding hydrogens is 470 g/mol. The van der Waals surface area contributed by atoms with Gasteiger partial charge in [0, 0.05) is 31.3 Å². The van der Waals surface area contributed by atoms with Gasteiger partial charge in [-0.3, -0.25) is 14.0 Å². The second-order valence-corrected chi connectivity index (χ2v) is 9.10. The summed E-state index contributed by atoms with van der Waals surface area (Å²) >= 11 is 1.69. The number of rotatable bonds is 10. The molecule has 11 heteroatoms. The van der Waals surface area contributed by atoms with Crippen LogP contribution in [0.15, 0.2) is 36.5 Å². The number of nitrogens with zero attached hydrogens (tertiary/aromatic N) is 4. The van der Waals surface area contributed by atoms with Crippen molar-refractivity contribution in [1.29, 1.82) is 0 Å². The highest BCUT2D eigenvalue weighted by Crippen LogP contribution is 2.42. The Morgan fingerprint density at radius 3 is 2.57 bits per heavy atom. The van der Waals surface area contributed by atoms with Crippen LogP contribution in [-0.4, -0.2) is 66.3 Å². The lowest BCUT2D eigenvalue weighted by atomic mass is 10.1. The fourth-order valence-corrected chi connectivity index (χ4v) is 4.72. The summed E-state index contributed by atoms with van der Waals surface area (Å²) in [4.78, 5) is 27.8. The highest BCUT2D eigenvalue weighted by atomic mass is 32.2. The third kappa shape index (κ3) is 5.00. The van der Waals surface area contributed by atoms with Crippen molar-refractivity contribution in [3.05, 3.63) is 42.4 Å². The number of aromatic nitrogens is 3. The number of hydrogen-bond acceptors (Lipinski definition) is 8. The first-order valence-electron chi connectivity index (χ1n) is 11.2. The Morgan fingerprint density at radius 2 is 1.91 bits per heavy atom. The zero-order valence-corrected chi connectivity index (χ0v) is 21.0. The lowest BCUT2D eigenvalue weighted by Gasteiger charge is -2.21. The third-order valence-corrected chi connectivity index (χ3v) is 6.68. The monoisotopic (exact) mass is 499 g/mol. The second-order valence-electron chi connectivity index (χ2n) is 8.12. The lowest BCUT2D eigenvalue weighted by molar-refractivity contribution is -0.127. The molecule has 3 aromatic rings. The maximum Gasteiger partial charge on any atom is 0.227 e. The SMILES string of the molecule is COc1cc(N2CC(C(=O)NC(CCSC)c3nnc4ccccn34)CC2=O)cc(OC)c1OC. The average molecular weight is 500 g/mol. The number of benzene rings is 1. The summed E-state index contributed by atoms with van der Waals surface area (Å²) in [6, 6.07) is 8.77. The molecule has 2 unspecified atom stereocenters. The van der Waals surface area contributed by atoms with Gasteiger partial charge in [0.1, 0.15) is 0 Å². The molecule has 1 N–H and O–H groups in total. The number of anilines is 1. The number of ether oxygens (including phenoxy) is 3. The number of carbonyl (C=O) groups is 2. The molecule has 0 spiro atoms. The summed E-state index contributed by atoms with van der Waals surface area (Å²) in [5.74, 6) is 2.01. The molecule has 0 bridgehead atoms. The molecule has 4 rings (SSSR count). The van der Waals surface area contributed by atoms with E-state index in [1.807, 2.05) is 35.1 Å². The Kier molecular flexibility index (Phi) is 7.64. The number of nitrogens with one attached hydrogen (secondary N) is 1. The number of thioether (sulfide) groups is 1. The first-order chi connectivity index (χ1) is 17.0. The minimum atomic E-state index is -0.502. The van der Waals surface area contributed by atoms with Crippen LogP contribution in [0.3, 0.4) is 0 Å². The standard InChI is InChI=1S/C24H29N5O5S/c1-32-18-12-16(13-19(33-2)22(18)34-3)29-14-15(11-21(29)30)24(31)25-17(8-10-35-4)23-27-26-20-7-5-6-9-28(20)23/h5-7,9,12-13,15,17H,8,10-11,14H2,1-4H3,(H,25,31). The number of carbonyl (C=O) groups excluding carboxylic acids is 2. The van der Waals surface area contributed by atoms with Gasteiger partial charge in [0.05, 0.1) is 39.0 Å². The van der Waals surface area contributed by atoms with Gasteiger partial charge in [-0.15, -0.1) is 10.2 Å². The maximum atomic E-state index is 13.3. The molecule has 0 aliphatic carbocycles. The van der Waals surface area contributed by atoms with Gasteiger partial charge < -0.3 is 24.4 Å². The van der Waals surface area contributed by atoms with Crippen LogP contribution in [0.2, 0.25) is 0 Å². The first-order valence-corrected chi connectivity index (χ1v) is 12.6. The van der Waals surface area contributed by atoms with E-state index < -0.39 is 5.92 Å². The van der Waals surface area contributed by atoms with E-state index in [9.17, 15) is 9.59 Å². The average Bonchev–Trinajstić information content (AvgIpc) is 3.49. The first kappa shape index (κ1) is 24.6. The summed E-state index contributed by atoms with van der Waals surface area (Å²) in [6.07, 6.45) is 4.71. The van der Waals surface area contributed by atoms with Crippen molar-refractivity contribution in [2.45, 2.75) is 18.9 Å². The maximum absolute atomic E-state index is 13.3. The molecule has 2 atom stereocenters. The smallest absolute Gasteiger partial charge is 0.227 e. The van der Waals surface area contributed by atoms with E-state index in [0.717, 1.165) is 11.4 Å². The molecule has 186 valence electrons. The van der Waals surface area contributed by atoms with E-state index in [4.69, 9.17) is 14.2 Å². The molecule has 0 radical (unpaired) electrons. The van der Waals surface area contributed by atoms with Crippen LogP contribution < -0.4 is 24.4 Å². The summed E-state index contributed by atoms with van der Waals surface area (Å²) in [5, 5.41) is 11.7. The zero-order valence-electron chi connectivity index (χ0n) is 20.2. The van der Waals surface area contributed by atoms with Crippen LogP contribution in [0, 0.1) is 5.92 Å². The molecular formula is C24H29N5O5S. The topological polar surface area (TPSA) is 107 Å². The Hall–Kier alpha value is -3.47. The normalized spacial score (nSPS) is 16.4. The number of pyridine rings is 1. The molecule has 2 aromatic heterocycles. The van der Waals surface area contributed by atoms with Gasteiger partial charge in [0.15, 0.2) is 23.0 Å². The van der Waals surface area contributed by atoms with Gasteiger partial charge in [-0.1, -0.05) is 6.07 Å². The largest absolute Gasteiger partial charge is 0.493 e. The van der Waals surface area contributed by atoms with Crippen LogP contribution in [0.25, 0.3) is 5.65 Å². The van der Waals surface area contributed by atoms with E-state index in [2.05, 4.69) is 15.5 Å². The van der Waals surface area contributed by atoms with Crippen molar-refractivity contribution in [1.82, 2.24) is 19.9 Å². The number of hydrogen-bond donors (Lipinski definition) is 1. The highest BCUT2D eigenvalue weighted by molar-refractivity contribution is 7.98. The Morgan fingerprint density at radius 1 is 1.17 bits per heavy atom. The van der Waals surface area contributed by atoms with Crippen LogP contribution >= 0.6 is 11.8 Å². The van der Waals surface area contributed by atoms with Crippen molar-refractivity contribution in [3.8, 4) is 17.2 Å². The molecule has 1 saturated heterocycles. The Bertz CT molecular complexity index is 1190. The molecule has 1 aromatic carbocycles. The van der Waals surface area contributed by atoms with Gasteiger partial charge in [0.25, 0.3) is 0 Å². The van der Waals surface area contributed by atoms with Gasteiger partial charge in [0.2, 0.25) is 17.6 Å². The molecule has 10 nitrogen and oxygen atoms in total. The van der Waals surface area contributed by atoms with Crippen molar-refractivity contribution < 1.29 is 23.8 Å². The predicted molar refractivity (Wildman–Crippen MR) is 133 cm³/mol. The summed E-state index contributed by atoms with van der Waals surface area (Å²) in [5.41, 5.74) is 1.30. The van der Waals surface area contributed by atoms with Crippen LogP contribution in [0.5, 0.6) is 17.2 Å². The van der Waals surface area contributed by atoms with Gasteiger partial charge in [-0.05, 0) is 30.6 Å². The number of amides is 2. The van der Waals surface area contributed by atoms with E-state index >= 15 is 0 Å². The fraction of sp³-hybridized carbons (Fsp3) is 0.417. The summed E-state index contributed by atoms with van der Waals surface area (Å²) in [7, 11) is 4.56. The Balaban J connectivity index is 1.54. The van der Waals surface area contributed by atoms with Crippen molar-refractivity contribution in [3.63, 3.8) is 0 Å². The van der Waals surface area contributed by atoms with Crippen molar-refractivity contribution in [2.75, 3.05) is 44.8 Å². The lowest BCUT2D eigenvalue weighted by Crippen LogP contribution is -2.36. The third-order valence-electron chi connectivity index (χ3n) is 6.04. The number of fused-ring (bicyclic) bond motifs is 1. The van der Waals surface area contributed by atoms with E-state index in [-0.39, 0.29) is 30.8 Å². The van der Waals surface area contributed by atoms with Crippen LogP contribution in [0.4, 0.5) is 5.69 Å². The molecule has 0 saturated carbocycles. The van der Waals surface area contributed by atoms with Crippen molar-refractivity contribution in [2.24, 2.45) is 5.92 Å². The minimum absolute atomic E-state index is 0.109. The van der Waals surface area contributed by atoms with Crippen molar-refractivity contribution >= 4 is 34.9 Å². The fourth-order valence-electron chi connectivity index (χ4n) is 4.24. The second kappa shape index (κ2) is 10.9. The molecule has 1 aliphatic rings. The van der Waals surface area contributed by atoms with Gasteiger partial charge in [-0.25, -0.2) is 0 Å². The van der Waals surface area contributed by atoms with Gasteiger partial charge >= 0.3 is 0 Å². The van der Waals surface area contributed by atoms with E-state index in [1.54, 1.807) is 28.8 Å². The quantitative estimate of drug-likeness (QED) is 0.454. The Labute approximate surface area is 207 Å². The molecule has 1 aliphatic heterocycles. The minimum Gasteiger partial charge on any atom is -0.493 e. The van der Waals surface area contributed by atoms with E-state index in [0.29, 0.717) is 35.2 Å². The predicted octanol–water partition coefficient (Wildman–Crippen LogP) is 2.72. The van der Waals surface area contributed by atoms with E-state index in [1.165, 1.54) is 21.3 Å². The summed E-state index contributed by atoms with van der Waals surface area (Å²) in [6.45, 7) is 0.249. The summed E-state index contributed by atoms with van der Waals surface area (Å²) < 4.78 is 18.1. The molecule has 2 amide bonds. The van der Waals surface area contributed by atoms with Crippen LogP contribution in [-0.2, 0) is 9.59 Å². The molecule has 3 heterocycles.